The summed E-state index contributed by atoms with van der Waals surface area (Å²) >= 11 is 0. The predicted molar refractivity (Wildman–Crippen MR) is 81.3 cm³/mol. The van der Waals surface area contributed by atoms with Crippen LogP contribution in [0.3, 0.4) is 0 Å². The molecule has 1 fully saturated rings. The van der Waals surface area contributed by atoms with Crippen LogP contribution in [0.4, 0.5) is 5.69 Å². The Bertz CT molecular complexity index is 411. The Hall–Kier alpha value is -1.39. The Morgan fingerprint density at radius 2 is 2.32 bits per heavy atom. The lowest BCUT2D eigenvalue weighted by Gasteiger charge is -2.19. The van der Waals surface area contributed by atoms with Crippen molar-refractivity contribution >= 4 is 11.8 Å². The second-order valence-corrected chi connectivity index (χ2v) is 5.29. The number of hydrogen-bond donors (Lipinski definition) is 1. The van der Waals surface area contributed by atoms with Gasteiger partial charge in [-0.05, 0) is 38.7 Å². The summed E-state index contributed by atoms with van der Waals surface area (Å²) in [4.78, 5) is 9.19. The fraction of sp³-hybridized carbons (Fsp3) is 0.533. The summed E-state index contributed by atoms with van der Waals surface area (Å²) in [5, 5.41) is 3.07. The van der Waals surface area contributed by atoms with Crippen molar-refractivity contribution < 1.29 is 0 Å². The quantitative estimate of drug-likeness (QED) is 0.874. The smallest absolute Gasteiger partial charge is 0.0628 e. The normalized spacial score (nSPS) is 20.5. The van der Waals surface area contributed by atoms with Crippen LogP contribution in [-0.4, -0.2) is 61.6 Å². The molecular formula is C15H24N4. The number of aromatic nitrogens is 1. The van der Waals surface area contributed by atoms with Crippen LogP contribution in [0.1, 0.15) is 12.1 Å². The van der Waals surface area contributed by atoms with Crippen molar-refractivity contribution in [3.8, 4) is 0 Å². The summed E-state index contributed by atoms with van der Waals surface area (Å²) in [6.07, 6.45) is 7.44. The Balaban J connectivity index is 1.80. The maximum atomic E-state index is 4.38. The molecular weight excluding hydrogens is 236 g/mol. The minimum absolute atomic E-state index is 0.710. The van der Waals surface area contributed by atoms with Gasteiger partial charge in [0.2, 0.25) is 0 Å². The van der Waals surface area contributed by atoms with Gasteiger partial charge in [0, 0.05) is 32.7 Å². The molecule has 19 heavy (non-hydrogen) atoms. The lowest BCUT2D eigenvalue weighted by Crippen LogP contribution is -2.31. The first-order valence-corrected chi connectivity index (χ1v) is 6.88. The highest BCUT2D eigenvalue weighted by Gasteiger charge is 2.22. The van der Waals surface area contributed by atoms with E-state index in [-0.39, 0.29) is 0 Å². The van der Waals surface area contributed by atoms with Gasteiger partial charge < -0.3 is 10.2 Å². The topological polar surface area (TPSA) is 31.4 Å². The van der Waals surface area contributed by atoms with E-state index in [0.717, 1.165) is 17.9 Å². The van der Waals surface area contributed by atoms with Gasteiger partial charge in [-0.15, -0.1) is 0 Å². The van der Waals surface area contributed by atoms with Crippen LogP contribution < -0.4 is 5.32 Å². The molecule has 1 N–H and O–H groups in total. The van der Waals surface area contributed by atoms with E-state index in [1.165, 1.54) is 19.5 Å². The summed E-state index contributed by atoms with van der Waals surface area (Å²) in [5.41, 5.74) is 2.06. The Kier molecular flexibility index (Phi) is 4.93. The maximum Gasteiger partial charge on any atom is 0.0628 e. The van der Waals surface area contributed by atoms with Gasteiger partial charge in [0.25, 0.3) is 0 Å². The van der Waals surface area contributed by atoms with Gasteiger partial charge in [-0.1, -0.05) is 6.08 Å². The highest BCUT2D eigenvalue weighted by Crippen LogP contribution is 2.13. The van der Waals surface area contributed by atoms with E-state index in [4.69, 9.17) is 0 Å². The van der Waals surface area contributed by atoms with Crippen LogP contribution in [0.15, 0.2) is 24.4 Å². The maximum absolute atomic E-state index is 4.38. The van der Waals surface area contributed by atoms with Crippen LogP contribution in [0.25, 0.3) is 6.08 Å². The number of pyridine rings is 1. The molecule has 4 heteroatoms. The molecule has 1 unspecified atom stereocenters. The molecule has 1 saturated heterocycles. The minimum atomic E-state index is 0.710. The third-order valence-corrected chi connectivity index (χ3v) is 3.71. The van der Waals surface area contributed by atoms with Crippen molar-refractivity contribution in [3.05, 3.63) is 30.1 Å². The summed E-state index contributed by atoms with van der Waals surface area (Å²) in [6, 6.07) is 4.79. The predicted octanol–water partition coefficient (Wildman–Crippen LogP) is 1.77. The summed E-state index contributed by atoms with van der Waals surface area (Å²) < 4.78 is 0. The molecule has 0 aliphatic carbocycles. The average Bonchev–Trinajstić information content (AvgIpc) is 2.89. The Morgan fingerprint density at radius 3 is 2.89 bits per heavy atom. The molecule has 1 atom stereocenters. The average molecular weight is 260 g/mol. The summed E-state index contributed by atoms with van der Waals surface area (Å²) in [6.45, 7) is 3.38. The van der Waals surface area contributed by atoms with Crippen molar-refractivity contribution in [2.45, 2.75) is 12.5 Å². The van der Waals surface area contributed by atoms with Crippen molar-refractivity contribution in [3.63, 3.8) is 0 Å². The highest BCUT2D eigenvalue weighted by atomic mass is 15.2. The van der Waals surface area contributed by atoms with Crippen LogP contribution in [-0.2, 0) is 0 Å². The zero-order chi connectivity index (χ0) is 13.7. The molecule has 0 amide bonds. The van der Waals surface area contributed by atoms with Crippen LogP contribution in [0.2, 0.25) is 0 Å². The third kappa shape index (κ3) is 4.04. The number of rotatable bonds is 5. The van der Waals surface area contributed by atoms with Gasteiger partial charge in [-0.25, -0.2) is 0 Å². The SMILES string of the molecule is CNc1ccc(/C=C/CN2CCC(N(C)C)C2)nc1. The summed E-state index contributed by atoms with van der Waals surface area (Å²) in [7, 11) is 6.23. The molecule has 1 aliphatic heterocycles. The van der Waals surface area contributed by atoms with Gasteiger partial charge >= 0.3 is 0 Å². The van der Waals surface area contributed by atoms with Crippen molar-refractivity contribution in [2.24, 2.45) is 0 Å². The standard InChI is InChI=1S/C15H24N4/c1-16-14-7-6-13(17-11-14)5-4-9-19-10-8-15(12-19)18(2)3/h4-7,11,15-16H,8-10,12H2,1-3H3/b5-4+. The molecule has 104 valence electrons. The molecule has 2 heterocycles. The molecule has 0 aromatic carbocycles. The van der Waals surface area contributed by atoms with Gasteiger partial charge in [0.05, 0.1) is 17.6 Å². The number of likely N-dealkylation sites (N-methyl/N-ethyl adjacent to an activating group) is 1. The molecule has 0 bridgehead atoms. The van der Waals surface area contributed by atoms with Crippen molar-refractivity contribution in [1.82, 2.24) is 14.8 Å². The molecule has 1 aromatic heterocycles. The van der Waals surface area contributed by atoms with E-state index in [2.05, 4.69) is 46.3 Å². The van der Waals surface area contributed by atoms with E-state index < -0.39 is 0 Å². The minimum Gasteiger partial charge on any atom is -0.387 e. The molecule has 2 rings (SSSR count). The number of hydrogen-bond acceptors (Lipinski definition) is 4. The van der Waals surface area contributed by atoms with Crippen LogP contribution in [0.5, 0.6) is 0 Å². The van der Waals surface area contributed by atoms with E-state index in [1.807, 2.05) is 25.4 Å². The number of nitrogens with one attached hydrogen (secondary N) is 1. The van der Waals surface area contributed by atoms with Gasteiger partial charge in [0.1, 0.15) is 0 Å². The second-order valence-electron chi connectivity index (χ2n) is 5.29. The fourth-order valence-electron chi connectivity index (χ4n) is 2.37. The van der Waals surface area contributed by atoms with Crippen molar-refractivity contribution in [1.29, 1.82) is 0 Å². The lowest BCUT2D eigenvalue weighted by molar-refractivity contribution is 0.280. The first-order chi connectivity index (χ1) is 9.19. The Labute approximate surface area is 116 Å². The van der Waals surface area contributed by atoms with E-state index in [9.17, 15) is 0 Å². The fourth-order valence-corrected chi connectivity index (χ4v) is 2.37. The van der Waals surface area contributed by atoms with E-state index in [1.54, 1.807) is 0 Å². The van der Waals surface area contributed by atoms with Crippen molar-refractivity contribution in [2.75, 3.05) is 46.1 Å². The number of anilines is 1. The first-order valence-electron chi connectivity index (χ1n) is 6.88. The molecule has 1 aromatic rings. The lowest BCUT2D eigenvalue weighted by atomic mass is 10.2. The second kappa shape index (κ2) is 6.68. The molecule has 1 aliphatic rings. The monoisotopic (exact) mass is 260 g/mol. The van der Waals surface area contributed by atoms with Crippen LogP contribution >= 0.6 is 0 Å². The molecule has 0 saturated carbocycles. The zero-order valence-corrected chi connectivity index (χ0v) is 12.1. The Morgan fingerprint density at radius 1 is 1.47 bits per heavy atom. The highest BCUT2D eigenvalue weighted by molar-refractivity contribution is 5.49. The van der Waals surface area contributed by atoms with Gasteiger partial charge in [0.15, 0.2) is 0 Å². The molecule has 0 spiro atoms. The summed E-state index contributed by atoms with van der Waals surface area (Å²) in [5.74, 6) is 0. The van der Waals surface area contributed by atoms with Crippen LogP contribution in [0, 0.1) is 0 Å². The van der Waals surface area contributed by atoms with E-state index in [0.29, 0.717) is 6.04 Å². The van der Waals surface area contributed by atoms with Gasteiger partial charge in [-0.3, -0.25) is 9.88 Å². The molecule has 0 radical (unpaired) electrons. The number of nitrogens with zero attached hydrogens (tertiary/aromatic N) is 3. The third-order valence-electron chi connectivity index (χ3n) is 3.71. The van der Waals surface area contributed by atoms with E-state index >= 15 is 0 Å². The van der Waals surface area contributed by atoms with Gasteiger partial charge in [-0.2, -0.15) is 0 Å². The first kappa shape index (κ1) is 14.0. The molecule has 4 nitrogen and oxygen atoms in total. The number of likely N-dealkylation sites (tertiary alicyclic amines) is 1. The largest absolute Gasteiger partial charge is 0.387 e. The zero-order valence-electron chi connectivity index (χ0n) is 12.1.